The van der Waals surface area contributed by atoms with Gasteiger partial charge in [0.25, 0.3) is 0 Å². The first kappa shape index (κ1) is 17.2. The van der Waals surface area contributed by atoms with Crippen molar-refractivity contribution in [2.45, 2.75) is 40.2 Å². The number of aliphatic hydroxyl groups excluding tert-OH is 1. The van der Waals surface area contributed by atoms with Crippen LogP contribution in [0.25, 0.3) is 0 Å². The van der Waals surface area contributed by atoms with Gasteiger partial charge in [-0.15, -0.1) is 0 Å². The quantitative estimate of drug-likeness (QED) is 0.773. The van der Waals surface area contributed by atoms with Crippen molar-refractivity contribution in [3.63, 3.8) is 0 Å². The Hall–Kier alpha value is -1.88. The van der Waals surface area contributed by atoms with Crippen LogP contribution in [-0.4, -0.2) is 29.6 Å². The molecule has 5 heteroatoms. The molecule has 0 spiro atoms. The van der Waals surface area contributed by atoms with Gasteiger partial charge in [-0.25, -0.2) is 0 Å². The van der Waals surface area contributed by atoms with E-state index in [1.54, 1.807) is 24.3 Å². The fourth-order valence-electron chi connectivity index (χ4n) is 1.67. The van der Waals surface area contributed by atoms with Crippen molar-refractivity contribution in [2.24, 2.45) is 5.41 Å². The zero-order chi connectivity index (χ0) is 16.0. The second-order valence-corrected chi connectivity index (χ2v) is 6.24. The third-order valence-electron chi connectivity index (χ3n) is 3.13. The lowest BCUT2D eigenvalue weighted by atomic mass is 9.89. The normalized spacial score (nSPS) is 12.6. The predicted molar refractivity (Wildman–Crippen MR) is 82.9 cm³/mol. The summed E-state index contributed by atoms with van der Waals surface area (Å²) >= 11 is 0. The maximum atomic E-state index is 11.8. The number of carbonyl (C=O) groups excluding carboxylic acids is 2. The van der Waals surface area contributed by atoms with Crippen molar-refractivity contribution in [1.82, 2.24) is 5.32 Å². The van der Waals surface area contributed by atoms with Gasteiger partial charge < -0.3 is 15.7 Å². The summed E-state index contributed by atoms with van der Waals surface area (Å²) in [4.78, 5) is 22.7. The molecule has 0 aromatic heterocycles. The summed E-state index contributed by atoms with van der Waals surface area (Å²) in [6, 6.07) is 7.11. The Morgan fingerprint density at radius 3 is 2.24 bits per heavy atom. The number of hydrogen-bond donors (Lipinski definition) is 3. The van der Waals surface area contributed by atoms with Crippen LogP contribution >= 0.6 is 0 Å². The van der Waals surface area contributed by atoms with Crippen molar-refractivity contribution < 1.29 is 14.7 Å². The molecule has 0 heterocycles. The van der Waals surface area contributed by atoms with Gasteiger partial charge in [-0.05, 0) is 23.1 Å². The monoisotopic (exact) mass is 292 g/mol. The average molecular weight is 292 g/mol. The summed E-state index contributed by atoms with van der Waals surface area (Å²) in [7, 11) is 0. The molecule has 116 valence electrons. The van der Waals surface area contributed by atoms with E-state index < -0.39 is 6.10 Å². The number of rotatable bonds is 5. The highest BCUT2D eigenvalue weighted by Crippen LogP contribution is 2.18. The molecule has 1 aromatic carbocycles. The zero-order valence-electron chi connectivity index (χ0n) is 13.1. The topological polar surface area (TPSA) is 78.4 Å². The molecule has 1 aromatic rings. The maximum absolute atomic E-state index is 11.8. The van der Waals surface area contributed by atoms with Gasteiger partial charge in [0.05, 0.1) is 12.5 Å². The number of carbonyl (C=O) groups is 2. The fraction of sp³-hybridized carbons (Fsp3) is 0.500. The van der Waals surface area contributed by atoms with Crippen molar-refractivity contribution in [2.75, 3.05) is 11.9 Å². The van der Waals surface area contributed by atoms with Crippen LogP contribution in [-0.2, 0) is 16.0 Å². The molecule has 0 saturated heterocycles. The van der Waals surface area contributed by atoms with Crippen LogP contribution in [0, 0.1) is 5.41 Å². The molecule has 0 unspecified atom stereocenters. The molecule has 5 nitrogen and oxygen atoms in total. The van der Waals surface area contributed by atoms with E-state index in [-0.39, 0.29) is 30.2 Å². The standard InChI is InChI=1S/C16H24N2O3/c1-11(19)18-13-7-5-12(6-8-13)9-15(21)17-10-14(20)16(2,3)4/h5-8,14,20H,9-10H2,1-4H3,(H,17,21)(H,18,19)/t14-/m1/s1. The lowest BCUT2D eigenvalue weighted by molar-refractivity contribution is -0.121. The molecular weight excluding hydrogens is 268 g/mol. The lowest BCUT2D eigenvalue weighted by Gasteiger charge is -2.25. The molecule has 0 aliphatic rings. The first-order valence-electron chi connectivity index (χ1n) is 7.00. The smallest absolute Gasteiger partial charge is 0.224 e. The van der Waals surface area contributed by atoms with Gasteiger partial charge in [-0.3, -0.25) is 9.59 Å². The number of benzene rings is 1. The van der Waals surface area contributed by atoms with E-state index in [9.17, 15) is 14.7 Å². The number of anilines is 1. The minimum absolute atomic E-state index is 0.128. The molecule has 1 rings (SSSR count). The van der Waals surface area contributed by atoms with Crippen LogP contribution < -0.4 is 10.6 Å². The Kier molecular flexibility index (Phi) is 5.90. The van der Waals surface area contributed by atoms with Crippen LogP contribution in [0.2, 0.25) is 0 Å². The molecule has 0 fully saturated rings. The van der Waals surface area contributed by atoms with Gasteiger partial charge in [-0.2, -0.15) is 0 Å². The second-order valence-electron chi connectivity index (χ2n) is 6.24. The Morgan fingerprint density at radius 2 is 1.76 bits per heavy atom. The molecule has 0 radical (unpaired) electrons. The van der Waals surface area contributed by atoms with E-state index >= 15 is 0 Å². The Labute approximate surface area is 125 Å². The number of nitrogens with one attached hydrogen (secondary N) is 2. The Bertz CT molecular complexity index is 489. The highest BCUT2D eigenvalue weighted by molar-refractivity contribution is 5.88. The van der Waals surface area contributed by atoms with E-state index in [1.165, 1.54) is 6.92 Å². The zero-order valence-corrected chi connectivity index (χ0v) is 13.1. The molecule has 0 aliphatic heterocycles. The maximum Gasteiger partial charge on any atom is 0.224 e. The molecule has 3 N–H and O–H groups in total. The predicted octanol–water partition coefficient (Wildman–Crippen LogP) is 1.71. The fourth-order valence-corrected chi connectivity index (χ4v) is 1.67. The van der Waals surface area contributed by atoms with Crippen molar-refractivity contribution in [3.05, 3.63) is 29.8 Å². The SMILES string of the molecule is CC(=O)Nc1ccc(CC(=O)NC[C@@H](O)C(C)(C)C)cc1. The first-order chi connectivity index (χ1) is 9.68. The number of aliphatic hydroxyl groups is 1. The summed E-state index contributed by atoms with van der Waals surface area (Å²) in [5.74, 6) is -0.262. The summed E-state index contributed by atoms with van der Waals surface area (Å²) in [6.45, 7) is 7.45. The Balaban J connectivity index is 2.46. The summed E-state index contributed by atoms with van der Waals surface area (Å²) in [5.41, 5.74) is 1.30. The molecule has 1 atom stereocenters. The van der Waals surface area contributed by atoms with Gasteiger partial charge in [0, 0.05) is 19.2 Å². The summed E-state index contributed by atoms with van der Waals surface area (Å²) in [5, 5.41) is 15.3. The average Bonchev–Trinajstić information content (AvgIpc) is 2.36. The van der Waals surface area contributed by atoms with E-state index in [0.29, 0.717) is 5.69 Å². The van der Waals surface area contributed by atoms with Crippen LogP contribution in [0.15, 0.2) is 24.3 Å². The van der Waals surface area contributed by atoms with Crippen LogP contribution in [0.4, 0.5) is 5.69 Å². The Morgan fingerprint density at radius 1 is 1.19 bits per heavy atom. The lowest BCUT2D eigenvalue weighted by Crippen LogP contribution is -2.39. The van der Waals surface area contributed by atoms with Crippen LogP contribution in [0.3, 0.4) is 0 Å². The minimum Gasteiger partial charge on any atom is -0.391 e. The van der Waals surface area contributed by atoms with Gasteiger partial charge in [0.15, 0.2) is 0 Å². The molecule has 2 amide bonds. The first-order valence-corrected chi connectivity index (χ1v) is 7.00. The minimum atomic E-state index is -0.580. The van der Waals surface area contributed by atoms with Gasteiger partial charge in [-0.1, -0.05) is 32.9 Å². The van der Waals surface area contributed by atoms with E-state index in [4.69, 9.17) is 0 Å². The molecular formula is C16H24N2O3. The van der Waals surface area contributed by atoms with E-state index in [0.717, 1.165) is 5.56 Å². The van der Waals surface area contributed by atoms with Crippen molar-refractivity contribution in [3.8, 4) is 0 Å². The third-order valence-corrected chi connectivity index (χ3v) is 3.13. The molecule has 0 saturated carbocycles. The highest BCUT2D eigenvalue weighted by atomic mass is 16.3. The van der Waals surface area contributed by atoms with Crippen LogP contribution in [0.5, 0.6) is 0 Å². The van der Waals surface area contributed by atoms with E-state index in [2.05, 4.69) is 10.6 Å². The van der Waals surface area contributed by atoms with Crippen molar-refractivity contribution >= 4 is 17.5 Å². The van der Waals surface area contributed by atoms with Crippen LogP contribution in [0.1, 0.15) is 33.3 Å². The number of amides is 2. The third kappa shape index (κ3) is 6.40. The molecule has 0 aliphatic carbocycles. The highest BCUT2D eigenvalue weighted by Gasteiger charge is 2.22. The molecule has 21 heavy (non-hydrogen) atoms. The largest absolute Gasteiger partial charge is 0.391 e. The summed E-state index contributed by atoms with van der Waals surface area (Å²) in [6.07, 6.45) is -0.333. The summed E-state index contributed by atoms with van der Waals surface area (Å²) < 4.78 is 0. The number of hydrogen-bond acceptors (Lipinski definition) is 3. The second kappa shape index (κ2) is 7.22. The van der Waals surface area contributed by atoms with E-state index in [1.807, 2.05) is 20.8 Å². The van der Waals surface area contributed by atoms with Gasteiger partial charge in [0.1, 0.15) is 0 Å². The van der Waals surface area contributed by atoms with Crippen molar-refractivity contribution in [1.29, 1.82) is 0 Å². The van der Waals surface area contributed by atoms with Gasteiger partial charge in [0.2, 0.25) is 11.8 Å². The van der Waals surface area contributed by atoms with Gasteiger partial charge >= 0.3 is 0 Å². The molecule has 0 bridgehead atoms.